The number of nitrogens with zero attached hydrogens (tertiary/aromatic N) is 2. The molecule has 0 aromatic heterocycles. The third-order valence-electron chi connectivity index (χ3n) is 4.82. The molecule has 0 aliphatic carbocycles. The molecule has 24 heavy (non-hydrogen) atoms. The molecule has 120 valence electrons. The van der Waals surface area contributed by atoms with Crippen molar-refractivity contribution >= 4 is 17.1 Å². The molecule has 0 saturated heterocycles. The SMILES string of the molecule is Cc1cc2c(cc1C)N(c1ccccc1)CN2Cc1ccccc1. The lowest BCUT2D eigenvalue weighted by molar-refractivity contribution is 0.833. The van der Waals surface area contributed by atoms with E-state index in [9.17, 15) is 0 Å². The predicted molar refractivity (Wildman–Crippen MR) is 102 cm³/mol. The van der Waals surface area contributed by atoms with E-state index in [1.54, 1.807) is 0 Å². The van der Waals surface area contributed by atoms with Gasteiger partial charge in [-0.3, -0.25) is 0 Å². The highest BCUT2D eigenvalue weighted by atomic mass is 15.4. The first-order valence-corrected chi connectivity index (χ1v) is 8.45. The van der Waals surface area contributed by atoms with E-state index in [2.05, 4.69) is 96.4 Å². The number of benzene rings is 3. The molecule has 0 atom stereocenters. The number of aryl methyl sites for hydroxylation is 2. The number of hydrogen-bond donors (Lipinski definition) is 0. The summed E-state index contributed by atoms with van der Waals surface area (Å²) in [6.07, 6.45) is 0. The van der Waals surface area contributed by atoms with Crippen LogP contribution in [0.4, 0.5) is 17.1 Å². The molecule has 0 fully saturated rings. The molecule has 0 N–H and O–H groups in total. The molecule has 0 spiro atoms. The van der Waals surface area contributed by atoms with Crippen LogP contribution in [0, 0.1) is 13.8 Å². The second-order valence-electron chi connectivity index (χ2n) is 6.51. The molecular formula is C22H22N2. The number of hydrogen-bond acceptors (Lipinski definition) is 2. The summed E-state index contributed by atoms with van der Waals surface area (Å²) in [5.41, 5.74) is 7.91. The highest BCUT2D eigenvalue weighted by molar-refractivity contribution is 5.83. The van der Waals surface area contributed by atoms with Gasteiger partial charge in [-0.05, 0) is 54.8 Å². The molecule has 3 aromatic rings. The number of fused-ring (bicyclic) bond motifs is 1. The van der Waals surface area contributed by atoms with Crippen molar-refractivity contribution in [3.8, 4) is 0 Å². The summed E-state index contributed by atoms with van der Waals surface area (Å²) in [6, 6.07) is 26.0. The number of rotatable bonds is 3. The molecule has 3 aromatic carbocycles. The summed E-state index contributed by atoms with van der Waals surface area (Å²) in [5.74, 6) is 0. The van der Waals surface area contributed by atoms with Gasteiger partial charge in [-0.1, -0.05) is 48.5 Å². The largest absolute Gasteiger partial charge is 0.347 e. The number of anilines is 3. The van der Waals surface area contributed by atoms with Gasteiger partial charge < -0.3 is 9.80 Å². The van der Waals surface area contributed by atoms with Gasteiger partial charge in [0.15, 0.2) is 0 Å². The van der Waals surface area contributed by atoms with Crippen molar-refractivity contribution in [3.63, 3.8) is 0 Å². The van der Waals surface area contributed by atoms with E-state index in [4.69, 9.17) is 0 Å². The summed E-state index contributed by atoms with van der Waals surface area (Å²) in [4.78, 5) is 4.87. The van der Waals surface area contributed by atoms with Gasteiger partial charge >= 0.3 is 0 Å². The van der Waals surface area contributed by atoms with E-state index < -0.39 is 0 Å². The standard InChI is InChI=1S/C22H22N2/c1-17-13-21-22(14-18(17)2)24(20-11-7-4-8-12-20)16-23(21)15-19-9-5-3-6-10-19/h3-14H,15-16H2,1-2H3. The third-order valence-corrected chi connectivity index (χ3v) is 4.82. The first-order chi connectivity index (χ1) is 11.7. The van der Waals surface area contributed by atoms with Crippen LogP contribution >= 0.6 is 0 Å². The quantitative estimate of drug-likeness (QED) is 0.637. The molecule has 2 nitrogen and oxygen atoms in total. The lowest BCUT2D eigenvalue weighted by Gasteiger charge is -2.22. The zero-order valence-corrected chi connectivity index (χ0v) is 14.2. The first-order valence-electron chi connectivity index (χ1n) is 8.45. The van der Waals surface area contributed by atoms with Crippen LogP contribution in [0.2, 0.25) is 0 Å². The molecule has 0 amide bonds. The minimum absolute atomic E-state index is 0.886. The highest BCUT2D eigenvalue weighted by Crippen LogP contribution is 2.42. The Bertz CT molecular complexity index is 841. The van der Waals surface area contributed by atoms with Crippen molar-refractivity contribution in [2.24, 2.45) is 0 Å². The lowest BCUT2D eigenvalue weighted by Crippen LogP contribution is -2.27. The summed E-state index contributed by atoms with van der Waals surface area (Å²) in [5, 5.41) is 0. The van der Waals surface area contributed by atoms with Crippen LogP contribution in [0.5, 0.6) is 0 Å². The minimum Gasteiger partial charge on any atom is -0.347 e. The maximum absolute atomic E-state index is 2.46. The van der Waals surface area contributed by atoms with E-state index >= 15 is 0 Å². The van der Waals surface area contributed by atoms with Gasteiger partial charge in [0.1, 0.15) is 0 Å². The summed E-state index contributed by atoms with van der Waals surface area (Å²) >= 11 is 0. The zero-order chi connectivity index (χ0) is 16.5. The summed E-state index contributed by atoms with van der Waals surface area (Å²) in [7, 11) is 0. The Morgan fingerprint density at radius 3 is 2.00 bits per heavy atom. The van der Waals surface area contributed by atoms with Crippen molar-refractivity contribution in [3.05, 3.63) is 89.5 Å². The monoisotopic (exact) mass is 314 g/mol. The molecule has 1 heterocycles. The Hall–Kier alpha value is -2.74. The van der Waals surface area contributed by atoms with Crippen molar-refractivity contribution in [1.82, 2.24) is 0 Å². The average molecular weight is 314 g/mol. The maximum Gasteiger partial charge on any atom is 0.0956 e. The van der Waals surface area contributed by atoms with Crippen molar-refractivity contribution in [2.45, 2.75) is 20.4 Å². The van der Waals surface area contributed by atoms with Gasteiger partial charge in [0, 0.05) is 12.2 Å². The Kier molecular flexibility index (Phi) is 3.73. The molecule has 1 aliphatic heterocycles. The van der Waals surface area contributed by atoms with Gasteiger partial charge in [0.05, 0.1) is 18.0 Å². The summed E-state index contributed by atoms with van der Waals surface area (Å²) < 4.78 is 0. The zero-order valence-electron chi connectivity index (χ0n) is 14.2. The Balaban J connectivity index is 1.75. The Morgan fingerprint density at radius 1 is 0.750 bits per heavy atom. The topological polar surface area (TPSA) is 6.48 Å². The Morgan fingerprint density at radius 2 is 1.33 bits per heavy atom. The van der Waals surface area contributed by atoms with Crippen LogP contribution in [-0.4, -0.2) is 6.67 Å². The molecule has 0 saturated carbocycles. The maximum atomic E-state index is 2.46. The smallest absolute Gasteiger partial charge is 0.0956 e. The predicted octanol–water partition coefficient (Wildman–Crippen LogP) is 5.42. The lowest BCUT2D eigenvalue weighted by atomic mass is 10.1. The number of para-hydroxylation sites is 1. The fraction of sp³-hybridized carbons (Fsp3) is 0.182. The average Bonchev–Trinajstić information content (AvgIpc) is 2.95. The van der Waals surface area contributed by atoms with Gasteiger partial charge in [0.25, 0.3) is 0 Å². The van der Waals surface area contributed by atoms with Crippen molar-refractivity contribution in [1.29, 1.82) is 0 Å². The third kappa shape index (κ3) is 2.65. The summed E-state index contributed by atoms with van der Waals surface area (Å²) in [6.45, 7) is 6.21. The van der Waals surface area contributed by atoms with Crippen molar-refractivity contribution in [2.75, 3.05) is 16.5 Å². The van der Waals surface area contributed by atoms with Gasteiger partial charge in [-0.2, -0.15) is 0 Å². The van der Waals surface area contributed by atoms with Crippen LogP contribution in [0.1, 0.15) is 16.7 Å². The second-order valence-corrected chi connectivity index (χ2v) is 6.51. The molecule has 0 radical (unpaired) electrons. The van der Waals surface area contributed by atoms with E-state index in [1.807, 2.05) is 0 Å². The Labute approximate surface area is 144 Å². The first kappa shape index (κ1) is 14.8. The fourth-order valence-electron chi connectivity index (χ4n) is 3.35. The highest BCUT2D eigenvalue weighted by Gasteiger charge is 2.27. The molecule has 0 bridgehead atoms. The van der Waals surface area contributed by atoms with Gasteiger partial charge in [-0.25, -0.2) is 0 Å². The van der Waals surface area contributed by atoms with Crippen LogP contribution in [-0.2, 0) is 6.54 Å². The molecule has 0 unspecified atom stereocenters. The van der Waals surface area contributed by atoms with Gasteiger partial charge in [0.2, 0.25) is 0 Å². The van der Waals surface area contributed by atoms with E-state index in [0.29, 0.717) is 0 Å². The van der Waals surface area contributed by atoms with Crippen molar-refractivity contribution < 1.29 is 0 Å². The molecule has 1 aliphatic rings. The molecule has 2 heteroatoms. The van der Waals surface area contributed by atoms with E-state index in [0.717, 1.165) is 13.2 Å². The van der Waals surface area contributed by atoms with Gasteiger partial charge in [-0.15, -0.1) is 0 Å². The van der Waals surface area contributed by atoms with Crippen LogP contribution in [0.3, 0.4) is 0 Å². The van der Waals surface area contributed by atoms with E-state index in [1.165, 1.54) is 33.8 Å². The van der Waals surface area contributed by atoms with Crippen LogP contribution in [0.15, 0.2) is 72.8 Å². The second kappa shape index (κ2) is 6.04. The van der Waals surface area contributed by atoms with Crippen LogP contribution in [0.25, 0.3) is 0 Å². The molecular weight excluding hydrogens is 292 g/mol. The van der Waals surface area contributed by atoms with E-state index in [-0.39, 0.29) is 0 Å². The normalized spacial score (nSPS) is 13.2. The van der Waals surface area contributed by atoms with Crippen LogP contribution < -0.4 is 9.80 Å². The molecule has 4 rings (SSSR count). The fourth-order valence-corrected chi connectivity index (χ4v) is 3.35. The minimum atomic E-state index is 0.886.